The van der Waals surface area contributed by atoms with Crippen molar-refractivity contribution in [3.63, 3.8) is 0 Å². The zero-order valence-corrected chi connectivity index (χ0v) is 21.4. The number of fused-ring (bicyclic) bond motifs is 1. The number of amides is 2. The van der Waals surface area contributed by atoms with Crippen molar-refractivity contribution in [1.82, 2.24) is 20.0 Å². The van der Waals surface area contributed by atoms with Crippen molar-refractivity contribution in [2.75, 3.05) is 13.7 Å². The minimum absolute atomic E-state index is 0.0613. The second-order valence-electron chi connectivity index (χ2n) is 9.83. The number of esters is 1. The highest BCUT2D eigenvalue weighted by Gasteiger charge is 2.48. The Hall–Kier alpha value is -3.36. The van der Waals surface area contributed by atoms with Crippen LogP contribution in [0.1, 0.15) is 85.3 Å². The summed E-state index contributed by atoms with van der Waals surface area (Å²) in [4.78, 5) is 41.5. The summed E-state index contributed by atoms with van der Waals surface area (Å²) in [7, 11) is 1.59. The molecule has 1 N–H and O–H groups in total. The fourth-order valence-electron chi connectivity index (χ4n) is 5.09. The van der Waals surface area contributed by atoms with Crippen LogP contribution >= 0.6 is 0 Å². The van der Waals surface area contributed by atoms with Gasteiger partial charge in [0.15, 0.2) is 5.69 Å². The second kappa shape index (κ2) is 11.1. The Kier molecular flexibility index (Phi) is 7.96. The summed E-state index contributed by atoms with van der Waals surface area (Å²) in [6, 6.07) is 8.98. The molecule has 1 aliphatic heterocycles. The first-order valence-electron chi connectivity index (χ1n) is 12.9. The van der Waals surface area contributed by atoms with Gasteiger partial charge in [0.1, 0.15) is 17.0 Å². The Morgan fingerprint density at radius 2 is 1.86 bits per heavy atom. The highest BCUT2D eigenvalue weighted by molar-refractivity contribution is 6.01. The molecule has 0 radical (unpaired) electrons. The molecule has 36 heavy (non-hydrogen) atoms. The number of rotatable bonds is 7. The lowest BCUT2D eigenvalue weighted by Crippen LogP contribution is -2.64. The van der Waals surface area contributed by atoms with E-state index in [1.807, 2.05) is 24.3 Å². The summed E-state index contributed by atoms with van der Waals surface area (Å²) < 4.78 is 11.9. The van der Waals surface area contributed by atoms with E-state index in [0.29, 0.717) is 5.75 Å². The zero-order chi connectivity index (χ0) is 25.7. The maximum Gasteiger partial charge on any atom is 0.358 e. The molecule has 9 nitrogen and oxygen atoms in total. The van der Waals surface area contributed by atoms with Gasteiger partial charge in [-0.3, -0.25) is 14.3 Å². The van der Waals surface area contributed by atoms with Crippen molar-refractivity contribution in [3.05, 3.63) is 47.3 Å². The number of nitrogens with one attached hydrogen (secondary N) is 1. The number of hydrogen-bond acceptors (Lipinski definition) is 6. The molecule has 2 aliphatic rings. The van der Waals surface area contributed by atoms with Gasteiger partial charge >= 0.3 is 5.97 Å². The Bertz CT molecular complexity index is 1110. The van der Waals surface area contributed by atoms with E-state index in [0.717, 1.165) is 31.2 Å². The summed E-state index contributed by atoms with van der Waals surface area (Å²) in [6.45, 7) is 4.04. The van der Waals surface area contributed by atoms with Crippen LogP contribution in [0, 0.1) is 0 Å². The van der Waals surface area contributed by atoms with E-state index in [1.165, 1.54) is 30.0 Å². The maximum atomic E-state index is 13.8. The molecule has 2 heterocycles. The Morgan fingerprint density at radius 3 is 2.56 bits per heavy atom. The van der Waals surface area contributed by atoms with E-state index in [4.69, 9.17) is 9.47 Å². The van der Waals surface area contributed by atoms with Crippen LogP contribution in [-0.4, -0.2) is 57.8 Å². The Morgan fingerprint density at radius 1 is 1.14 bits per heavy atom. The van der Waals surface area contributed by atoms with Crippen LogP contribution in [0.3, 0.4) is 0 Å². The fraction of sp³-hybridized carbons (Fsp3) is 0.556. The molecule has 1 fully saturated rings. The van der Waals surface area contributed by atoms with Gasteiger partial charge in [0.2, 0.25) is 5.91 Å². The van der Waals surface area contributed by atoms with Crippen molar-refractivity contribution in [1.29, 1.82) is 0 Å². The van der Waals surface area contributed by atoms with Crippen LogP contribution in [0.5, 0.6) is 5.75 Å². The third-order valence-corrected chi connectivity index (χ3v) is 7.19. The molecule has 1 aromatic carbocycles. The second-order valence-corrected chi connectivity index (χ2v) is 9.83. The Balaban J connectivity index is 1.67. The van der Waals surface area contributed by atoms with Crippen LogP contribution in [-0.2, 0) is 22.6 Å². The van der Waals surface area contributed by atoms with Gasteiger partial charge in [-0.05, 0) is 44.4 Å². The molecule has 194 valence electrons. The molecule has 9 heteroatoms. The lowest BCUT2D eigenvalue weighted by molar-refractivity contribution is -0.134. The topological polar surface area (TPSA) is 103 Å². The van der Waals surface area contributed by atoms with Crippen LogP contribution in [0.15, 0.2) is 30.3 Å². The zero-order valence-electron chi connectivity index (χ0n) is 21.4. The van der Waals surface area contributed by atoms with E-state index >= 15 is 0 Å². The molecule has 1 atom stereocenters. The molecule has 0 saturated heterocycles. The predicted octanol–water partition coefficient (Wildman–Crippen LogP) is 3.71. The molecule has 2 aromatic rings. The summed E-state index contributed by atoms with van der Waals surface area (Å²) in [5.41, 5.74) is -0.0392. The first-order valence-corrected chi connectivity index (χ1v) is 12.9. The van der Waals surface area contributed by atoms with Crippen LogP contribution in [0.2, 0.25) is 0 Å². The van der Waals surface area contributed by atoms with Crippen molar-refractivity contribution in [2.45, 2.75) is 83.5 Å². The third kappa shape index (κ3) is 5.39. The number of hydrogen-bond donors (Lipinski definition) is 1. The number of ether oxygens (including phenoxy) is 2. The van der Waals surface area contributed by atoms with Gasteiger partial charge in [-0.15, -0.1) is 0 Å². The van der Waals surface area contributed by atoms with Gasteiger partial charge in [-0.2, -0.15) is 5.10 Å². The molecule has 0 spiro atoms. The van der Waals surface area contributed by atoms with Crippen molar-refractivity contribution >= 4 is 17.8 Å². The SMILES string of the molecule is CCOC(=O)c1cc2n(n1)C[C@](C)(C(=O)NC1CCCCCCC1)N(Cc1cccc(OC)c1)C2=O. The molecule has 1 saturated carbocycles. The summed E-state index contributed by atoms with van der Waals surface area (Å²) in [6.07, 6.45) is 7.64. The number of aromatic nitrogens is 2. The van der Waals surface area contributed by atoms with Crippen molar-refractivity contribution < 1.29 is 23.9 Å². The van der Waals surface area contributed by atoms with Gasteiger partial charge in [-0.1, -0.05) is 44.2 Å². The number of carbonyl (C=O) groups excluding carboxylic acids is 3. The summed E-state index contributed by atoms with van der Waals surface area (Å²) in [5, 5.41) is 7.58. The summed E-state index contributed by atoms with van der Waals surface area (Å²) in [5.74, 6) is -0.481. The highest BCUT2D eigenvalue weighted by Crippen LogP contribution is 2.31. The number of methoxy groups -OCH3 is 1. The molecule has 0 unspecified atom stereocenters. The first kappa shape index (κ1) is 25.7. The molecular weight excluding hydrogens is 460 g/mol. The highest BCUT2D eigenvalue weighted by atomic mass is 16.5. The van der Waals surface area contributed by atoms with Gasteiger partial charge in [0, 0.05) is 18.7 Å². The Labute approximate surface area is 212 Å². The molecule has 1 aromatic heterocycles. The lowest BCUT2D eigenvalue weighted by atomic mass is 9.91. The number of benzene rings is 1. The minimum Gasteiger partial charge on any atom is -0.497 e. The van der Waals surface area contributed by atoms with E-state index in [1.54, 1.807) is 25.9 Å². The first-order chi connectivity index (χ1) is 17.4. The lowest BCUT2D eigenvalue weighted by Gasteiger charge is -2.44. The van der Waals surface area contributed by atoms with E-state index < -0.39 is 11.5 Å². The maximum absolute atomic E-state index is 13.8. The third-order valence-electron chi connectivity index (χ3n) is 7.19. The van der Waals surface area contributed by atoms with E-state index in [9.17, 15) is 14.4 Å². The standard InChI is InChI=1S/C27H36N4O5/c1-4-36-25(33)22-16-23-24(32)30(17-19-11-10-14-21(15-19)35-3)27(2,18-31(23)29-22)26(34)28-20-12-8-6-5-7-9-13-20/h10-11,14-16,20H,4-9,12-13,17-18H2,1-3H3,(H,28,34)/t27-/m1/s1. The summed E-state index contributed by atoms with van der Waals surface area (Å²) >= 11 is 0. The van der Waals surface area contributed by atoms with Gasteiger partial charge < -0.3 is 19.7 Å². The molecule has 1 aliphatic carbocycles. The monoisotopic (exact) mass is 496 g/mol. The number of nitrogens with zero attached hydrogens (tertiary/aromatic N) is 3. The largest absolute Gasteiger partial charge is 0.497 e. The fourth-order valence-corrected chi connectivity index (χ4v) is 5.09. The molecule has 2 amide bonds. The molecule has 0 bridgehead atoms. The van der Waals surface area contributed by atoms with Gasteiger partial charge in [0.05, 0.1) is 20.3 Å². The molecular formula is C27H36N4O5. The quantitative estimate of drug-likeness (QED) is 0.586. The normalized spacial score (nSPS) is 20.8. The smallest absolute Gasteiger partial charge is 0.358 e. The van der Waals surface area contributed by atoms with Crippen molar-refractivity contribution in [3.8, 4) is 5.75 Å². The van der Waals surface area contributed by atoms with E-state index in [-0.39, 0.29) is 48.9 Å². The average Bonchev–Trinajstić information content (AvgIpc) is 3.27. The van der Waals surface area contributed by atoms with Crippen LogP contribution < -0.4 is 10.1 Å². The minimum atomic E-state index is -1.20. The van der Waals surface area contributed by atoms with Crippen LogP contribution in [0.25, 0.3) is 0 Å². The number of carbonyl (C=O) groups is 3. The average molecular weight is 497 g/mol. The van der Waals surface area contributed by atoms with E-state index in [2.05, 4.69) is 10.4 Å². The predicted molar refractivity (Wildman–Crippen MR) is 134 cm³/mol. The van der Waals surface area contributed by atoms with Crippen LogP contribution in [0.4, 0.5) is 0 Å². The van der Waals surface area contributed by atoms with Gasteiger partial charge in [0.25, 0.3) is 5.91 Å². The van der Waals surface area contributed by atoms with Crippen molar-refractivity contribution in [2.24, 2.45) is 0 Å². The molecule has 4 rings (SSSR count). The van der Waals surface area contributed by atoms with Gasteiger partial charge in [-0.25, -0.2) is 4.79 Å².